The summed E-state index contributed by atoms with van der Waals surface area (Å²) in [5.41, 5.74) is 4.42. The van der Waals surface area contributed by atoms with E-state index in [1.54, 1.807) is 0 Å². The van der Waals surface area contributed by atoms with Gasteiger partial charge in [0, 0.05) is 18.8 Å². The molecule has 2 nitrogen and oxygen atoms in total. The lowest BCUT2D eigenvalue weighted by molar-refractivity contribution is 0.332. The van der Waals surface area contributed by atoms with E-state index in [1.165, 1.54) is 49.2 Å². The first-order valence-electron chi connectivity index (χ1n) is 6.00. The SMILES string of the molecule is c1cc2c(c(CN3CCCC3)c1)NCC2. The molecule has 0 atom stereocenters. The van der Waals surface area contributed by atoms with E-state index in [0.29, 0.717) is 0 Å². The molecule has 0 spiro atoms. The first-order chi connectivity index (χ1) is 7.43. The van der Waals surface area contributed by atoms with Crippen LogP contribution in [0.4, 0.5) is 5.69 Å². The van der Waals surface area contributed by atoms with Crippen LogP contribution < -0.4 is 5.32 Å². The Morgan fingerprint density at radius 2 is 2.07 bits per heavy atom. The zero-order valence-electron chi connectivity index (χ0n) is 9.13. The second-order valence-electron chi connectivity index (χ2n) is 4.61. The normalized spacial score (nSPS) is 20.3. The van der Waals surface area contributed by atoms with Crippen LogP contribution in [0.1, 0.15) is 24.0 Å². The van der Waals surface area contributed by atoms with E-state index in [4.69, 9.17) is 0 Å². The second-order valence-corrected chi connectivity index (χ2v) is 4.61. The number of hydrogen-bond acceptors (Lipinski definition) is 2. The number of nitrogens with zero attached hydrogens (tertiary/aromatic N) is 1. The summed E-state index contributed by atoms with van der Waals surface area (Å²) in [4.78, 5) is 2.57. The van der Waals surface area contributed by atoms with Crippen molar-refractivity contribution in [1.29, 1.82) is 0 Å². The van der Waals surface area contributed by atoms with Crippen molar-refractivity contribution in [3.8, 4) is 0 Å². The Kier molecular flexibility index (Phi) is 2.37. The van der Waals surface area contributed by atoms with Crippen LogP contribution in [0.3, 0.4) is 0 Å². The Hall–Kier alpha value is -1.02. The smallest absolute Gasteiger partial charge is 0.0419 e. The highest BCUT2D eigenvalue weighted by Crippen LogP contribution is 2.28. The third-order valence-electron chi connectivity index (χ3n) is 3.53. The van der Waals surface area contributed by atoms with E-state index in [0.717, 1.165) is 13.1 Å². The molecule has 2 aliphatic heterocycles. The van der Waals surface area contributed by atoms with Gasteiger partial charge in [-0.05, 0) is 43.5 Å². The molecule has 0 aliphatic carbocycles. The number of rotatable bonds is 2. The van der Waals surface area contributed by atoms with E-state index in [-0.39, 0.29) is 0 Å². The summed E-state index contributed by atoms with van der Waals surface area (Å²) in [5, 5.41) is 3.52. The molecule has 0 saturated carbocycles. The molecule has 0 bridgehead atoms. The summed E-state index contributed by atoms with van der Waals surface area (Å²) in [6.45, 7) is 4.82. The molecular formula is C13H18N2. The summed E-state index contributed by atoms with van der Waals surface area (Å²) in [7, 11) is 0. The van der Waals surface area contributed by atoms with Gasteiger partial charge in [-0.3, -0.25) is 4.90 Å². The molecule has 0 unspecified atom stereocenters. The zero-order chi connectivity index (χ0) is 10.1. The monoisotopic (exact) mass is 202 g/mol. The van der Waals surface area contributed by atoms with Crippen LogP contribution >= 0.6 is 0 Å². The molecule has 2 aliphatic rings. The molecule has 2 heterocycles. The predicted octanol–water partition coefficient (Wildman–Crippen LogP) is 2.25. The zero-order valence-corrected chi connectivity index (χ0v) is 9.13. The Balaban J connectivity index is 1.82. The van der Waals surface area contributed by atoms with Crippen molar-refractivity contribution in [2.75, 3.05) is 25.0 Å². The van der Waals surface area contributed by atoms with Crippen LogP contribution in [-0.4, -0.2) is 24.5 Å². The van der Waals surface area contributed by atoms with E-state index >= 15 is 0 Å². The first-order valence-corrected chi connectivity index (χ1v) is 6.00. The van der Waals surface area contributed by atoms with Gasteiger partial charge in [-0.25, -0.2) is 0 Å². The number of nitrogens with one attached hydrogen (secondary N) is 1. The highest BCUT2D eigenvalue weighted by molar-refractivity contribution is 5.61. The minimum atomic E-state index is 1.12. The molecule has 80 valence electrons. The molecule has 0 aromatic heterocycles. The second kappa shape index (κ2) is 3.86. The van der Waals surface area contributed by atoms with Gasteiger partial charge in [0.25, 0.3) is 0 Å². The fourth-order valence-electron chi connectivity index (χ4n) is 2.72. The Morgan fingerprint density at radius 1 is 1.20 bits per heavy atom. The lowest BCUT2D eigenvalue weighted by Crippen LogP contribution is -2.19. The van der Waals surface area contributed by atoms with Gasteiger partial charge in [0.1, 0.15) is 0 Å². The topological polar surface area (TPSA) is 15.3 Å². The van der Waals surface area contributed by atoms with Crippen LogP contribution in [0.2, 0.25) is 0 Å². The van der Waals surface area contributed by atoms with Crippen molar-refractivity contribution >= 4 is 5.69 Å². The van der Waals surface area contributed by atoms with Crippen LogP contribution in [0.15, 0.2) is 18.2 Å². The lowest BCUT2D eigenvalue weighted by atomic mass is 10.1. The van der Waals surface area contributed by atoms with Gasteiger partial charge in [0.05, 0.1) is 0 Å². The highest BCUT2D eigenvalue weighted by atomic mass is 15.1. The van der Waals surface area contributed by atoms with Crippen molar-refractivity contribution in [3.63, 3.8) is 0 Å². The van der Waals surface area contributed by atoms with Crippen LogP contribution in [0.5, 0.6) is 0 Å². The van der Waals surface area contributed by atoms with Gasteiger partial charge < -0.3 is 5.32 Å². The van der Waals surface area contributed by atoms with Gasteiger partial charge in [0.2, 0.25) is 0 Å². The van der Waals surface area contributed by atoms with Gasteiger partial charge in [-0.15, -0.1) is 0 Å². The summed E-state index contributed by atoms with van der Waals surface area (Å²) in [6, 6.07) is 6.73. The van der Waals surface area contributed by atoms with E-state index in [2.05, 4.69) is 28.4 Å². The molecule has 1 saturated heterocycles. The molecule has 1 aromatic rings. The van der Waals surface area contributed by atoms with E-state index in [9.17, 15) is 0 Å². The summed E-state index contributed by atoms with van der Waals surface area (Å²) in [6.07, 6.45) is 3.95. The van der Waals surface area contributed by atoms with Crippen molar-refractivity contribution in [2.24, 2.45) is 0 Å². The summed E-state index contributed by atoms with van der Waals surface area (Å²) < 4.78 is 0. The van der Waals surface area contributed by atoms with Gasteiger partial charge in [-0.1, -0.05) is 18.2 Å². The quantitative estimate of drug-likeness (QED) is 0.791. The molecular weight excluding hydrogens is 184 g/mol. The Morgan fingerprint density at radius 3 is 2.93 bits per heavy atom. The third kappa shape index (κ3) is 1.74. The van der Waals surface area contributed by atoms with Gasteiger partial charge >= 0.3 is 0 Å². The fraction of sp³-hybridized carbons (Fsp3) is 0.538. The maximum absolute atomic E-state index is 3.52. The molecule has 1 N–H and O–H groups in total. The average Bonchev–Trinajstić information content (AvgIpc) is 2.87. The minimum absolute atomic E-state index is 1.12. The number of para-hydroxylation sites is 1. The maximum atomic E-state index is 3.52. The molecule has 1 fully saturated rings. The number of fused-ring (bicyclic) bond motifs is 1. The van der Waals surface area contributed by atoms with Gasteiger partial charge in [-0.2, -0.15) is 0 Å². The number of benzene rings is 1. The average molecular weight is 202 g/mol. The Bertz CT molecular complexity index is 354. The number of hydrogen-bond donors (Lipinski definition) is 1. The first kappa shape index (κ1) is 9.22. The predicted molar refractivity (Wildman–Crippen MR) is 63.1 cm³/mol. The van der Waals surface area contributed by atoms with Crippen molar-refractivity contribution < 1.29 is 0 Å². The highest BCUT2D eigenvalue weighted by Gasteiger charge is 2.17. The summed E-state index contributed by atoms with van der Waals surface area (Å²) >= 11 is 0. The van der Waals surface area contributed by atoms with Crippen LogP contribution in [-0.2, 0) is 13.0 Å². The van der Waals surface area contributed by atoms with E-state index in [1.807, 2.05) is 0 Å². The molecule has 3 rings (SSSR count). The summed E-state index contributed by atoms with van der Waals surface area (Å²) in [5.74, 6) is 0. The largest absolute Gasteiger partial charge is 0.384 e. The van der Waals surface area contributed by atoms with Crippen molar-refractivity contribution in [3.05, 3.63) is 29.3 Å². The van der Waals surface area contributed by atoms with Crippen molar-refractivity contribution in [1.82, 2.24) is 4.90 Å². The molecule has 1 aromatic carbocycles. The fourth-order valence-corrected chi connectivity index (χ4v) is 2.72. The third-order valence-corrected chi connectivity index (χ3v) is 3.53. The number of likely N-dealkylation sites (tertiary alicyclic amines) is 1. The minimum Gasteiger partial charge on any atom is -0.384 e. The van der Waals surface area contributed by atoms with Gasteiger partial charge in [0.15, 0.2) is 0 Å². The van der Waals surface area contributed by atoms with Crippen molar-refractivity contribution in [2.45, 2.75) is 25.8 Å². The molecule has 0 amide bonds. The van der Waals surface area contributed by atoms with Crippen LogP contribution in [0.25, 0.3) is 0 Å². The Labute approximate surface area is 91.3 Å². The molecule has 15 heavy (non-hydrogen) atoms. The lowest BCUT2D eigenvalue weighted by Gasteiger charge is -2.17. The number of anilines is 1. The molecule has 0 radical (unpaired) electrons. The van der Waals surface area contributed by atoms with Crippen LogP contribution in [0, 0.1) is 0 Å². The standard InChI is InChI=1S/C13H18N2/c1-2-9-15(8-1)10-12-5-3-4-11-6-7-14-13(11)12/h3-5,14H,1-2,6-10H2. The molecule has 2 heteroatoms. The van der Waals surface area contributed by atoms with E-state index < -0.39 is 0 Å². The maximum Gasteiger partial charge on any atom is 0.0419 e.